The zero-order valence-electron chi connectivity index (χ0n) is 21.3. The van der Waals surface area contributed by atoms with Crippen LogP contribution in [0.15, 0.2) is 48.8 Å². The van der Waals surface area contributed by atoms with Crippen molar-refractivity contribution in [3.63, 3.8) is 0 Å². The first-order valence-electron chi connectivity index (χ1n) is 12.2. The van der Waals surface area contributed by atoms with Crippen LogP contribution in [0.3, 0.4) is 0 Å². The summed E-state index contributed by atoms with van der Waals surface area (Å²) in [6.07, 6.45) is 2.94. The van der Waals surface area contributed by atoms with Gasteiger partial charge in [0.1, 0.15) is 28.5 Å². The fraction of sp³-hybridized carbons (Fsp3) is 0.333. The number of ether oxygens (including phenoxy) is 2. The number of amides is 3. The van der Waals surface area contributed by atoms with Crippen molar-refractivity contribution >= 4 is 23.4 Å². The molecule has 3 amide bonds. The molecule has 5 rings (SSSR count). The number of hydrogen-bond donors (Lipinski definition) is 2. The minimum absolute atomic E-state index is 0.0349. The van der Waals surface area contributed by atoms with Gasteiger partial charge in [-0.15, -0.1) is 0 Å². The molecule has 1 saturated carbocycles. The Labute approximate surface area is 218 Å². The molecular weight excluding hydrogens is 493 g/mol. The molecule has 1 aliphatic heterocycles. The molecule has 2 aliphatic rings. The van der Waals surface area contributed by atoms with Crippen molar-refractivity contribution in [1.82, 2.24) is 19.8 Å². The SMILES string of the molecule is COc1ccc(NC(=O)c2ncn3c2C(=O)N(C2CC2)C(C)(C(=O)NCc2ccc(F)cc2)C3)c(OC)c1. The number of nitrogens with one attached hydrogen (secondary N) is 2. The van der Waals surface area contributed by atoms with Crippen molar-refractivity contribution in [2.24, 2.45) is 0 Å². The summed E-state index contributed by atoms with van der Waals surface area (Å²) in [7, 11) is 3.00. The number of anilines is 1. The monoisotopic (exact) mass is 521 g/mol. The number of aromatic nitrogens is 2. The lowest BCUT2D eigenvalue weighted by molar-refractivity contribution is -0.133. The Bertz CT molecular complexity index is 1400. The van der Waals surface area contributed by atoms with Crippen LogP contribution in [0.25, 0.3) is 0 Å². The maximum Gasteiger partial charge on any atom is 0.276 e. The zero-order chi connectivity index (χ0) is 27.0. The van der Waals surface area contributed by atoms with E-state index >= 15 is 0 Å². The van der Waals surface area contributed by atoms with E-state index in [4.69, 9.17) is 9.47 Å². The number of halogens is 1. The fourth-order valence-electron chi connectivity index (χ4n) is 4.78. The number of benzene rings is 2. The molecule has 10 nitrogen and oxygen atoms in total. The van der Waals surface area contributed by atoms with Gasteiger partial charge in [0.25, 0.3) is 11.8 Å². The molecule has 1 unspecified atom stereocenters. The highest BCUT2D eigenvalue weighted by Crippen LogP contribution is 2.39. The maximum absolute atomic E-state index is 13.8. The third kappa shape index (κ3) is 4.55. The zero-order valence-corrected chi connectivity index (χ0v) is 21.3. The molecule has 2 heterocycles. The van der Waals surface area contributed by atoms with E-state index < -0.39 is 17.4 Å². The van der Waals surface area contributed by atoms with Crippen molar-refractivity contribution in [3.8, 4) is 11.5 Å². The number of rotatable bonds is 8. The summed E-state index contributed by atoms with van der Waals surface area (Å²) in [5.74, 6) is -0.745. The van der Waals surface area contributed by atoms with E-state index in [9.17, 15) is 18.8 Å². The first kappa shape index (κ1) is 25.2. The molecule has 0 saturated heterocycles. The van der Waals surface area contributed by atoms with Crippen molar-refractivity contribution in [1.29, 1.82) is 0 Å². The normalized spacial score (nSPS) is 18.5. The first-order valence-corrected chi connectivity index (χ1v) is 12.2. The van der Waals surface area contributed by atoms with Crippen molar-refractivity contribution in [2.75, 3.05) is 19.5 Å². The minimum Gasteiger partial charge on any atom is -0.497 e. The predicted molar refractivity (Wildman–Crippen MR) is 136 cm³/mol. The summed E-state index contributed by atoms with van der Waals surface area (Å²) in [6.45, 7) is 2.04. The van der Waals surface area contributed by atoms with Gasteiger partial charge >= 0.3 is 0 Å². The average Bonchev–Trinajstić information content (AvgIpc) is 3.65. The quantitative estimate of drug-likeness (QED) is 0.471. The van der Waals surface area contributed by atoms with Gasteiger partial charge in [-0.1, -0.05) is 12.1 Å². The highest BCUT2D eigenvalue weighted by atomic mass is 19.1. The molecular formula is C27H28FN5O5. The van der Waals surface area contributed by atoms with Crippen LogP contribution in [-0.2, 0) is 17.9 Å². The van der Waals surface area contributed by atoms with E-state index in [0.29, 0.717) is 17.2 Å². The fourth-order valence-corrected chi connectivity index (χ4v) is 4.78. The minimum atomic E-state index is -1.20. The molecule has 0 spiro atoms. The van der Waals surface area contributed by atoms with Gasteiger partial charge in [0.15, 0.2) is 5.69 Å². The summed E-state index contributed by atoms with van der Waals surface area (Å²) in [5, 5.41) is 5.64. The van der Waals surface area contributed by atoms with Crippen LogP contribution in [0, 0.1) is 5.82 Å². The van der Waals surface area contributed by atoms with E-state index in [2.05, 4.69) is 15.6 Å². The summed E-state index contributed by atoms with van der Waals surface area (Å²) >= 11 is 0. The molecule has 1 fully saturated rings. The lowest BCUT2D eigenvalue weighted by Gasteiger charge is -2.44. The number of hydrogen-bond acceptors (Lipinski definition) is 6. The number of nitrogens with zero attached hydrogens (tertiary/aromatic N) is 3. The molecule has 0 bridgehead atoms. The van der Waals surface area contributed by atoms with Gasteiger partial charge in [-0.25, -0.2) is 9.37 Å². The van der Waals surface area contributed by atoms with Crippen LogP contribution in [-0.4, -0.2) is 58.0 Å². The van der Waals surface area contributed by atoms with Gasteiger partial charge in [0.05, 0.1) is 32.8 Å². The predicted octanol–water partition coefficient (Wildman–Crippen LogP) is 2.99. The van der Waals surface area contributed by atoms with Crippen LogP contribution in [0.4, 0.5) is 10.1 Å². The smallest absolute Gasteiger partial charge is 0.276 e. The third-order valence-corrected chi connectivity index (χ3v) is 6.91. The second kappa shape index (κ2) is 9.81. The molecule has 198 valence electrons. The van der Waals surface area contributed by atoms with Crippen LogP contribution in [0.2, 0.25) is 0 Å². The Kier molecular flexibility index (Phi) is 6.52. The molecule has 2 aromatic carbocycles. The Morgan fingerprint density at radius 1 is 1.13 bits per heavy atom. The number of carbonyl (C=O) groups excluding carboxylic acids is 3. The second-order valence-electron chi connectivity index (χ2n) is 9.58. The van der Waals surface area contributed by atoms with Gasteiger partial charge in [0, 0.05) is 18.7 Å². The summed E-state index contributed by atoms with van der Waals surface area (Å²) < 4.78 is 25.3. The number of imidazole rings is 1. The third-order valence-electron chi connectivity index (χ3n) is 6.91. The molecule has 1 atom stereocenters. The van der Waals surface area contributed by atoms with E-state index in [1.807, 2.05) is 0 Å². The van der Waals surface area contributed by atoms with E-state index in [0.717, 1.165) is 18.4 Å². The largest absolute Gasteiger partial charge is 0.497 e. The number of methoxy groups -OCH3 is 2. The topological polar surface area (TPSA) is 115 Å². The van der Waals surface area contributed by atoms with Crippen molar-refractivity contribution in [2.45, 2.75) is 44.4 Å². The average molecular weight is 522 g/mol. The van der Waals surface area contributed by atoms with Crippen LogP contribution >= 0.6 is 0 Å². The molecule has 38 heavy (non-hydrogen) atoms. The maximum atomic E-state index is 13.8. The summed E-state index contributed by atoms with van der Waals surface area (Å²) in [6, 6.07) is 10.7. The Morgan fingerprint density at radius 2 is 1.87 bits per heavy atom. The Hall–Kier alpha value is -4.41. The van der Waals surface area contributed by atoms with Crippen molar-refractivity contribution in [3.05, 3.63) is 71.6 Å². The van der Waals surface area contributed by atoms with Gasteiger partial charge in [-0.3, -0.25) is 14.4 Å². The molecule has 0 radical (unpaired) electrons. The highest BCUT2D eigenvalue weighted by Gasteiger charge is 2.53. The molecule has 1 aliphatic carbocycles. The van der Waals surface area contributed by atoms with Crippen LogP contribution in [0.5, 0.6) is 11.5 Å². The van der Waals surface area contributed by atoms with E-state index in [1.54, 1.807) is 46.7 Å². The van der Waals surface area contributed by atoms with Crippen molar-refractivity contribution < 1.29 is 28.2 Å². The van der Waals surface area contributed by atoms with E-state index in [-0.39, 0.29) is 42.2 Å². The van der Waals surface area contributed by atoms with Crippen LogP contribution in [0.1, 0.15) is 46.3 Å². The van der Waals surface area contributed by atoms with Gasteiger partial charge < -0.3 is 29.6 Å². The van der Waals surface area contributed by atoms with Gasteiger partial charge in [0.2, 0.25) is 5.91 Å². The lowest BCUT2D eigenvalue weighted by Crippen LogP contribution is -2.64. The molecule has 3 aromatic rings. The van der Waals surface area contributed by atoms with E-state index in [1.165, 1.54) is 32.7 Å². The Balaban J connectivity index is 1.40. The second-order valence-corrected chi connectivity index (χ2v) is 9.58. The summed E-state index contributed by atoms with van der Waals surface area (Å²) in [5.41, 5.74) is 0.0314. The number of fused-ring (bicyclic) bond motifs is 1. The Morgan fingerprint density at radius 3 is 2.53 bits per heavy atom. The van der Waals surface area contributed by atoms with Crippen LogP contribution < -0.4 is 20.1 Å². The first-order chi connectivity index (χ1) is 18.2. The summed E-state index contributed by atoms with van der Waals surface area (Å²) in [4.78, 5) is 46.3. The molecule has 11 heteroatoms. The van der Waals surface area contributed by atoms with Gasteiger partial charge in [-0.05, 0) is 49.6 Å². The lowest BCUT2D eigenvalue weighted by atomic mass is 9.93. The molecule has 2 N–H and O–H groups in total. The number of carbonyl (C=O) groups is 3. The highest BCUT2D eigenvalue weighted by molar-refractivity contribution is 6.12. The standard InChI is InChI=1S/C27H28FN5O5/c1-27(26(36)29-13-16-4-6-17(28)7-5-16)14-32-15-30-22(23(32)25(35)33(27)18-8-9-18)24(34)31-20-11-10-19(37-2)12-21(20)38-3/h4-7,10-12,15,18H,8-9,13-14H2,1-3H3,(H,29,36)(H,31,34). The molecule has 1 aromatic heterocycles. The van der Waals surface area contributed by atoms with Gasteiger partial charge in [-0.2, -0.15) is 0 Å².